The van der Waals surface area contributed by atoms with Gasteiger partial charge in [-0.15, -0.1) is 0 Å². The van der Waals surface area contributed by atoms with Crippen LogP contribution >= 0.6 is 0 Å². The van der Waals surface area contributed by atoms with E-state index in [2.05, 4.69) is 4.98 Å². The van der Waals surface area contributed by atoms with Crippen LogP contribution in [0, 0.1) is 5.82 Å². The van der Waals surface area contributed by atoms with E-state index < -0.39 is 0 Å². The van der Waals surface area contributed by atoms with Gasteiger partial charge in [-0.3, -0.25) is 4.98 Å². The second-order valence-electron chi connectivity index (χ2n) is 5.11. The lowest BCUT2D eigenvalue weighted by atomic mass is 9.87. The smallest absolute Gasteiger partial charge is 0.123 e. The van der Waals surface area contributed by atoms with E-state index in [0.717, 1.165) is 35.0 Å². The first kappa shape index (κ1) is 11.6. The van der Waals surface area contributed by atoms with Crippen molar-refractivity contribution in [1.82, 2.24) is 4.98 Å². The third-order valence-electron chi connectivity index (χ3n) is 3.72. The minimum absolute atomic E-state index is 0.0795. The fourth-order valence-corrected chi connectivity index (χ4v) is 2.95. The Hall–Kier alpha value is -1.48. The van der Waals surface area contributed by atoms with E-state index in [1.54, 1.807) is 12.1 Å². The maximum absolute atomic E-state index is 13.4. The summed E-state index contributed by atoms with van der Waals surface area (Å²) in [6.07, 6.45) is 4.40. The van der Waals surface area contributed by atoms with Crippen LogP contribution in [0.15, 0.2) is 18.2 Å². The predicted octanol–water partition coefficient (Wildman–Crippen LogP) is 3.27. The van der Waals surface area contributed by atoms with Crippen molar-refractivity contribution >= 4 is 10.9 Å². The molecule has 2 N–H and O–H groups in total. The molecule has 1 unspecified atom stereocenters. The van der Waals surface area contributed by atoms with Crippen LogP contribution in [0.2, 0.25) is 0 Å². The molecule has 1 aliphatic rings. The molecule has 0 amide bonds. The van der Waals surface area contributed by atoms with E-state index in [4.69, 9.17) is 5.73 Å². The van der Waals surface area contributed by atoms with E-state index in [-0.39, 0.29) is 11.9 Å². The maximum Gasteiger partial charge on any atom is 0.123 e. The number of halogens is 1. The molecule has 2 nitrogen and oxygen atoms in total. The van der Waals surface area contributed by atoms with Gasteiger partial charge in [-0.05, 0) is 61.9 Å². The number of fused-ring (bicyclic) bond motifs is 2. The molecule has 0 bridgehead atoms. The van der Waals surface area contributed by atoms with Crippen LogP contribution in [0.5, 0.6) is 0 Å². The fraction of sp³-hybridized carbons (Fsp3) is 0.400. The zero-order chi connectivity index (χ0) is 12.7. The Morgan fingerprint density at radius 2 is 2.06 bits per heavy atom. The molecule has 1 aromatic heterocycles. The topological polar surface area (TPSA) is 38.9 Å². The van der Waals surface area contributed by atoms with Crippen LogP contribution in [-0.2, 0) is 12.8 Å². The molecule has 1 heterocycles. The van der Waals surface area contributed by atoms with Crippen molar-refractivity contribution in [2.24, 2.45) is 5.73 Å². The van der Waals surface area contributed by atoms with Crippen LogP contribution in [0.25, 0.3) is 10.9 Å². The van der Waals surface area contributed by atoms with E-state index in [1.165, 1.54) is 24.5 Å². The van der Waals surface area contributed by atoms with Gasteiger partial charge in [0.05, 0.1) is 5.52 Å². The summed E-state index contributed by atoms with van der Waals surface area (Å²) < 4.78 is 13.4. The minimum atomic E-state index is -0.220. The molecule has 1 aromatic carbocycles. The molecule has 2 aromatic rings. The summed E-state index contributed by atoms with van der Waals surface area (Å²) in [4.78, 5) is 4.68. The SMILES string of the molecule is CC(N)c1c2c(nc3ccc(F)cc13)CCCC2. The number of hydrogen-bond donors (Lipinski definition) is 1. The summed E-state index contributed by atoms with van der Waals surface area (Å²) >= 11 is 0. The second-order valence-corrected chi connectivity index (χ2v) is 5.11. The largest absolute Gasteiger partial charge is 0.324 e. The number of nitrogens with two attached hydrogens (primary N) is 1. The Bertz CT molecular complexity index is 605. The van der Waals surface area contributed by atoms with Crippen LogP contribution in [-0.4, -0.2) is 4.98 Å². The molecule has 3 rings (SSSR count). The quantitative estimate of drug-likeness (QED) is 0.836. The molecule has 0 radical (unpaired) electrons. The average molecular weight is 244 g/mol. The van der Waals surface area contributed by atoms with E-state index in [1.807, 2.05) is 6.92 Å². The lowest BCUT2D eigenvalue weighted by Gasteiger charge is -2.22. The number of hydrogen-bond acceptors (Lipinski definition) is 2. The maximum atomic E-state index is 13.4. The third kappa shape index (κ3) is 1.79. The Kier molecular flexibility index (Phi) is 2.78. The van der Waals surface area contributed by atoms with E-state index in [9.17, 15) is 4.39 Å². The highest BCUT2D eigenvalue weighted by Crippen LogP contribution is 2.32. The van der Waals surface area contributed by atoms with E-state index >= 15 is 0 Å². The molecule has 3 heteroatoms. The van der Waals surface area contributed by atoms with Gasteiger partial charge in [0, 0.05) is 17.1 Å². The predicted molar refractivity (Wildman–Crippen MR) is 70.9 cm³/mol. The summed E-state index contributed by atoms with van der Waals surface area (Å²) in [5, 5.41) is 0.880. The van der Waals surface area contributed by atoms with Crippen LogP contribution < -0.4 is 5.73 Å². The fourth-order valence-electron chi connectivity index (χ4n) is 2.95. The van der Waals surface area contributed by atoms with Gasteiger partial charge in [0.1, 0.15) is 5.82 Å². The van der Waals surface area contributed by atoms with Gasteiger partial charge in [0.15, 0.2) is 0 Å². The molecule has 0 fully saturated rings. The van der Waals surface area contributed by atoms with Crippen molar-refractivity contribution < 1.29 is 4.39 Å². The Morgan fingerprint density at radius 1 is 1.28 bits per heavy atom. The molecule has 1 aliphatic carbocycles. The molecule has 1 atom stereocenters. The van der Waals surface area contributed by atoms with Gasteiger partial charge in [0.25, 0.3) is 0 Å². The lowest BCUT2D eigenvalue weighted by Crippen LogP contribution is -2.15. The lowest BCUT2D eigenvalue weighted by molar-refractivity contribution is 0.628. The number of aryl methyl sites for hydroxylation is 1. The summed E-state index contributed by atoms with van der Waals surface area (Å²) in [6.45, 7) is 1.97. The standard InChI is InChI=1S/C15H17FN2/c1-9(17)15-11-4-2-3-5-13(11)18-14-7-6-10(16)8-12(14)15/h6-9H,2-5,17H2,1H3. The highest BCUT2D eigenvalue weighted by Gasteiger charge is 2.20. The van der Waals surface area contributed by atoms with Gasteiger partial charge >= 0.3 is 0 Å². The van der Waals surface area contributed by atoms with Gasteiger partial charge < -0.3 is 5.73 Å². The van der Waals surface area contributed by atoms with Crippen molar-refractivity contribution in [3.63, 3.8) is 0 Å². The van der Waals surface area contributed by atoms with Crippen LogP contribution in [0.1, 0.15) is 42.6 Å². The summed E-state index contributed by atoms with van der Waals surface area (Å²) in [7, 11) is 0. The summed E-state index contributed by atoms with van der Waals surface area (Å²) in [5.74, 6) is -0.220. The first-order chi connectivity index (χ1) is 8.66. The third-order valence-corrected chi connectivity index (χ3v) is 3.72. The highest BCUT2D eigenvalue weighted by molar-refractivity contribution is 5.84. The van der Waals surface area contributed by atoms with Gasteiger partial charge in [-0.1, -0.05) is 0 Å². The average Bonchev–Trinajstić information content (AvgIpc) is 2.35. The Labute approximate surface area is 106 Å². The summed E-state index contributed by atoms with van der Waals surface area (Å²) in [5.41, 5.74) is 10.5. The number of rotatable bonds is 1. The molecule has 0 spiro atoms. The number of benzene rings is 1. The van der Waals surface area contributed by atoms with Crippen molar-refractivity contribution in [3.05, 3.63) is 40.8 Å². The first-order valence-electron chi connectivity index (χ1n) is 6.53. The normalized spacial score (nSPS) is 16.6. The molecule has 0 aliphatic heterocycles. The number of pyridine rings is 1. The number of nitrogens with zero attached hydrogens (tertiary/aromatic N) is 1. The summed E-state index contributed by atoms with van der Waals surface area (Å²) in [6, 6.07) is 4.71. The monoisotopic (exact) mass is 244 g/mol. The van der Waals surface area contributed by atoms with E-state index in [0.29, 0.717) is 0 Å². The molecule has 0 saturated carbocycles. The van der Waals surface area contributed by atoms with Gasteiger partial charge in [-0.2, -0.15) is 0 Å². The van der Waals surface area contributed by atoms with Crippen molar-refractivity contribution in [2.75, 3.05) is 0 Å². The molecular weight excluding hydrogens is 227 g/mol. The van der Waals surface area contributed by atoms with Crippen LogP contribution in [0.4, 0.5) is 4.39 Å². The van der Waals surface area contributed by atoms with Crippen molar-refractivity contribution in [2.45, 2.75) is 38.6 Å². The minimum Gasteiger partial charge on any atom is -0.324 e. The van der Waals surface area contributed by atoms with Crippen LogP contribution in [0.3, 0.4) is 0 Å². The van der Waals surface area contributed by atoms with Gasteiger partial charge in [0.2, 0.25) is 0 Å². The Balaban J connectivity index is 2.37. The first-order valence-corrected chi connectivity index (χ1v) is 6.53. The second kappa shape index (κ2) is 4.32. The van der Waals surface area contributed by atoms with Crippen molar-refractivity contribution in [3.8, 4) is 0 Å². The zero-order valence-electron chi connectivity index (χ0n) is 10.5. The molecule has 94 valence electrons. The zero-order valence-corrected chi connectivity index (χ0v) is 10.5. The molecular formula is C15H17FN2. The highest BCUT2D eigenvalue weighted by atomic mass is 19.1. The van der Waals surface area contributed by atoms with Crippen molar-refractivity contribution in [1.29, 1.82) is 0 Å². The molecule has 0 saturated heterocycles. The number of aromatic nitrogens is 1. The Morgan fingerprint density at radius 3 is 2.83 bits per heavy atom. The molecule has 18 heavy (non-hydrogen) atoms. The van der Waals surface area contributed by atoms with Gasteiger partial charge in [-0.25, -0.2) is 4.39 Å².